The highest BCUT2D eigenvalue weighted by atomic mass is 32.1. The van der Waals surface area contributed by atoms with Crippen molar-refractivity contribution < 1.29 is 0 Å². The molecular formula is C14H13N3OS. The second-order valence-corrected chi connectivity index (χ2v) is 5.82. The highest BCUT2D eigenvalue weighted by Gasteiger charge is 2.19. The summed E-state index contributed by atoms with van der Waals surface area (Å²) in [6.07, 6.45) is 5.89. The van der Waals surface area contributed by atoms with Crippen molar-refractivity contribution in [3.05, 3.63) is 45.3 Å². The number of hydrogen-bond donors (Lipinski definition) is 1. The molecule has 0 unspecified atom stereocenters. The van der Waals surface area contributed by atoms with Crippen molar-refractivity contribution in [1.29, 1.82) is 0 Å². The highest BCUT2D eigenvalue weighted by Crippen LogP contribution is 2.28. The fourth-order valence-electron chi connectivity index (χ4n) is 2.76. The molecule has 0 saturated carbocycles. The van der Waals surface area contributed by atoms with Crippen LogP contribution in [0.25, 0.3) is 16.1 Å². The summed E-state index contributed by atoms with van der Waals surface area (Å²) in [4.78, 5) is 18.3. The van der Waals surface area contributed by atoms with Crippen LogP contribution in [-0.4, -0.2) is 14.6 Å². The Morgan fingerprint density at radius 2 is 2.21 bits per heavy atom. The Morgan fingerprint density at radius 1 is 1.32 bits per heavy atom. The summed E-state index contributed by atoms with van der Waals surface area (Å²) in [5, 5.41) is 5.08. The van der Waals surface area contributed by atoms with E-state index in [0.717, 1.165) is 53.0 Å². The van der Waals surface area contributed by atoms with E-state index in [2.05, 4.69) is 11.2 Å². The minimum atomic E-state index is 0.0718. The van der Waals surface area contributed by atoms with Gasteiger partial charge in [0, 0.05) is 16.6 Å². The van der Waals surface area contributed by atoms with Gasteiger partial charge in [-0.15, -0.1) is 11.3 Å². The SMILES string of the molecule is O=c1c2c(nc3c(-c4cccs4)c[nH]n13)CCCC2. The van der Waals surface area contributed by atoms with Gasteiger partial charge in [-0.05, 0) is 37.1 Å². The van der Waals surface area contributed by atoms with E-state index in [1.807, 2.05) is 17.6 Å². The van der Waals surface area contributed by atoms with E-state index in [0.29, 0.717) is 0 Å². The molecule has 0 atom stereocenters. The number of aromatic amines is 1. The van der Waals surface area contributed by atoms with Crippen LogP contribution in [0.1, 0.15) is 24.1 Å². The Morgan fingerprint density at radius 3 is 3.05 bits per heavy atom. The van der Waals surface area contributed by atoms with Crippen LogP contribution in [0, 0.1) is 0 Å². The van der Waals surface area contributed by atoms with Crippen molar-refractivity contribution in [3.63, 3.8) is 0 Å². The molecule has 0 bridgehead atoms. The monoisotopic (exact) mass is 271 g/mol. The Kier molecular flexibility index (Phi) is 2.35. The smallest absolute Gasteiger partial charge is 0.276 e. The van der Waals surface area contributed by atoms with Crippen molar-refractivity contribution in [2.24, 2.45) is 0 Å². The van der Waals surface area contributed by atoms with Crippen molar-refractivity contribution in [3.8, 4) is 10.4 Å². The molecule has 96 valence electrons. The first-order valence-corrected chi connectivity index (χ1v) is 7.38. The average Bonchev–Trinajstić information content (AvgIpc) is 3.07. The number of nitrogens with zero attached hydrogens (tertiary/aromatic N) is 2. The van der Waals surface area contributed by atoms with Crippen LogP contribution in [0.2, 0.25) is 0 Å². The third-order valence-corrected chi connectivity index (χ3v) is 4.62. The molecule has 0 aliphatic heterocycles. The molecule has 19 heavy (non-hydrogen) atoms. The molecule has 1 N–H and O–H groups in total. The standard InChI is InChI=1S/C14H13N3OS/c18-14-9-4-1-2-5-11(9)16-13-10(8-15-17(13)14)12-6-3-7-19-12/h3,6-8,15H,1-2,4-5H2. The van der Waals surface area contributed by atoms with Gasteiger partial charge in [0.1, 0.15) is 0 Å². The molecule has 4 rings (SSSR count). The Labute approximate surface area is 113 Å². The average molecular weight is 271 g/mol. The predicted molar refractivity (Wildman–Crippen MR) is 75.8 cm³/mol. The van der Waals surface area contributed by atoms with Gasteiger partial charge < -0.3 is 0 Å². The van der Waals surface area contributed by atoms with Crippen molar-refractivity contribution in [1.82, 2.24) is 14.6 Å². The summed E-state index contributed by atoms with van der Waals surface area (Å²) in [7, 11) is 0. The second-order valence-electron chi connectivity index (χ2n) is 4.87. The fourth-order valence-corrected chi connectivity index (χ4v) is 3.50. The maximum Gasteiger partial charge on any atom is 0.276 e. The molecule has 4 nitrogen and oxygen atoms in total. The van der Waals surface area contributed by atoms with Crippen LogP contribution in [0.15, 0.2) is 28.5 Å². The quantitative estimate of drug-likeness (QED) is 0.739. The lowest BCUT2D eigenvalue weighted by molar-refractivity contribution is 0.651. The maximum absolute atomic E-state index is 12.5. The number of hydrogen-bond acceptors (Lipinski definition) is 3. The number of aromatic nitrogens is 3. The van der Waals surface area contributed by atoms with E-state index < -0.39 is 0 Å². The van der Waals surface area contributed by atoms with E-state index in [9.17, 15) is 4.79 Å². The summed E-state index contributed by atoms with van der Waals surface area (Å²) in [6, 6.07) is 4.07. The zero-order valence-corrected chi connectivity index (χ0v) is 11.2. The highest BCUT2D eigenvalue weighted by molar-refractivity contribution is 7.13. The lowest BCUT2D eigenvalue weighted by Crippen LogP contribution is -2.24. The number of aryl methyl sites for hydroxylation is 1. The third kappa shape index (κ3) is 1.58. The molecule has 1 aliphatic rings. The summed E-state index contributed by atoms with van der Waals surface area (Å²) in [5.41, 5.74) is 3.73. The van der Waals surface area contributed by atoms with E-state index >= 15 is 0 Å². The number of H-pyrrole nitrogens is 1. The molecule has 0 fully saturated rings. The van der Waals surface area contributed by atoms with E-state index in [1.54, 1.807) is 15.9 Å². The molecule has 3 heterocycles. The minimum Gasteiger partial charge on any atom is -0.296 e. The molecule has 0 amide bonds. The Bertz CT molecular complexity index is 798. The normalized spacial score (nSPS) is 14.7. The van der Waals surface area contributed by atoms with Gasteiger partial charge in [0.25, 0.3) is 5.56 Å². The van der Waals surface area contributed by atoms with Gasteiger partial charge in [0.05, 0.1) is 11.3 Å². The Hall–Kier alpha value is -1.88. The van der Waals surface area contributed by atoms with Crippen LogP contribution in [0.5, 0.6) is 0 Å². The lowest BCUT2D eigenvalue weighted by atomic mass is 9.97. The van der Waals surface area contributed by atoms with E-state index in [4.69, 9.17) is 4.98 Å². The lowest BCUT2D eigenvalue weighted by Gasteiger charge is -2.13. The minimum absolute atomic E-state index is 0.0718. The van der Waals surface area contributed by atoms with Crippen LogP contribution in [0.4, 0.5) is 0 Å². The van der Waals surface area contributed by atoms with Gasteiger partial charge in [-0.1, -0.05) is 6.07 Å². The first-order valence-electron chi connectivity index (χ1n) is 6.50. The molecule has 0 spiro atoms. The van der Waals surface area contributed by atoms with Crippen molar-refractivity contribution in [2.45, 2.75) is 25.7 Å². The van der Waals surface area contributed by atoms with E-state index in [-0.39, 0.29) is 5.56 Å². The third-order valence-electron chi connectivity index (χ3n) is 3.72. The van der Waals surface area contributed by atoms with Gasteiger partial charge in [0.2, 0.25) is 0 Å². The van der Waals surface area contributed by atoms with Crippen molar-refractivity contribution >= 4 is 17.0 Å². The van der Waals surface area contributed by atoms with Crippen LogP contribution in [-0.2, 0) is 12.8 Å². The zero-order valence-electron chi connectivity index (χ0n) is 10.3. The summed E-state index contributed by atoms with van der Waals surface area (Å²) >= 11 is 1.66. The van der Waals surface area contributed by atoms with Gasteiger partial charge in [-0.3, -0.25) is 9.89 Å². The number of nitrogens with one attached hydrogen (secondary N) is 1. The molecule has 1 aliphatic carbocycles. The Balaban J connectivity index is 2.05. The molecule has 3 aromatic heterocycles. The van der Waals surface area contributed by atoms with Gasteiger partial charge in [-0.25, -0.2) is 9.50 Å². The number of fused-ring (bicyclic) bond motifs is 2. The van der Waals surface area contributed by atoms with Crippen LogP contribution >= 0.6 is 11.3 Å². The largest absolute Gasteiger partial charge is 0.296 e. The zero-order chi connectivity index (χ0) is 12.8. The first-order chi connectivity index (χ1) is 9.34. The molecule has 5 heteroatoms. The predicted octanol–water partition coefficient (Wildman–Crippen LogP) is 2.63. The molecule has 0 saturated heterocycles. The number of thiophene rings is 1. The molecular weight excluding hydrogens is 258 g/mol. The molecule has 0 radical (unpaired) electrons. The van der Waals surface area contributed by atoms with Gasteiger partial charge in [-0.2, -0.15) is 0 Å². The van der Waals surface area contributed by atoms with Gasteiger partial charge in [0.15, 0.2) is 5.65 Å². The summed E-state index contributed by atoms with van der Waals surface area (Å²) in [5.74, 6) is 0. The number of rotatable bonds is 1. The maximum atomic E-state index is 12.5. The van der Waals surface area contributed by atoms with Crippen LogP contribution in [0.3, 0.4) is 0 Å². The topological polar surface area (TPSA) is 50.2 Å². The fraction of sp³-hybridized carbons (Fsp3) is 0.286. The summed E-state index contributed by atoms with van der Waals surface area (Å²) in [6.45, 7) is 0. The van der Waals surface area contributed by atoms with Crippen LogP contribution < -0.4 is 5.56 Å². The molecule has 3 aromatic rings. The van der Waals surface area contributed by atoms with E-state index in [1.165, 1.54) is 0 Å². The first kappa shape index (κ1) is 11.0. The van der Waals surface area contributed by atoms with Crippen molar-refractivity contribution in [2.75, 3.05) is 0 Å². The molecule has 0 aromatic carbocycles. The summed E-state index contributed by atoms with van der Waals surface area (Å²) < 4.78 is 1.58. The van der Waals surface area contributed by atoms with Gasteiger partial charge >= 0.3 is 0 Å². The second kappa shape index (κ2) is 4.06.